The minimum absolute atomic E-state index is 0.0718. The van der Waals surface area contributed by atoms with Crippen molar-refractivity contribution in [3.63, 3.8) is 0 Å². The van der Waals surface area contributed by atoms with Crippen LogP contribution in [-0.2, 0) is 29.0 Å². The fourth-order valence-electron chi connectivity index (χ4n) is 2.10. The van der Waals surface area contributed by atoms with Gasteiger partial charge in [0, 0.05) is 31.0 Å². The number of rotatable bonds is 3. The lowest BCUT2D eigenvalue weighted by molar-refractivity contribution is 0.334. The zero-order valence-corrected chi connectivity index (χ0v) is 11.5. The van der Waals surface area contributed by atoms with E-state index in [4.69, 9.17) is 11.6 Å². The first-order chi connectivity index (χ1) is 9.13. The maximum atomic E-state index is 12.5. The van der Waals surface area contributed by atoms with Crippen LogP contribution in [0.15, 0.2) is 23.6 Å². The average Bonchev–Trinajstić information content (AvgIpc) is 3.06. The molecule has 1 aliphatic rings. The number of H-pyrrole nitrogens is 1. The molecular weight excluding hydrogens is 290 g/mol. The highest BCUT2D eigenvalue weighted by atomic mass is 35.5. The van der Waals surface area contributed by atoms with E-state index in [1.807, 2.05) is 10.8 Å². The Bertz CT molecular complexity index is 692. The lowest BCUT2D eigenvalue weighted by Gasteiger charge is -2.26. The van der Waals surface area contributed by atoms with E-state index < -0.39 is 10.0 Å². The van der Waals surface area contributed by atoms with Crippen molar-refractivity contribution in [1.82, 2.24) is 24.1 Å². The summed E-state index contributed by atoms with van der Waals surface area (Å²) in [7, 11) is -3.60. The minimum Gasteiger partial charge on any atom is -0.333 e. The summed E-state index contributed by atoms with van der Waals surface area (Å²) in [6, 6.07) is 0. The number of halogens is 1. The molecule has 102 valence electrons. The van der Waals surface area contributed by atoms with Gasteiger partial charge in [0.15, 0.2) is 5.03 Å². The lowest BCUT2D eigenvalue weighted by Crippen LogP contribution is -2.38. The van der Waals surface area contributed by atoms with E-state index in [-0.39, 0.29) is 17.5 Å². The predicted molar refractivity (Wildman–Crippen MR) is 68.0 cm³/mol. The number of imidazole rings is 1. The molecule has 0 radical (unpaired) electrons. The van der Waals surface area contributed by atoms with E-state index in [2.05, 4.69) is 15.2 Å². The van der Waals surface area contributed by atoms with Crippen molar-refractivity contribution >= 4 is 21.6 Å². The topological polar surface area (TPSA) is 83.9 Å². The maximum Gasteiger partial charge on any atom is 0.260 e. The second kappa shape index (κ2) is 4.62. The highest BCUT2D eigenvalue weighted by molar-refractivity contribution is 7.89. The number of hydrogen-bond donors (Lipinski definition) is 1. The van der Waals surface area contributed by atoms with E-state index in [9.17, 15) is 8.42 Å². The molecule has 1 N–H and O–H groups in total. The molecule has 0 aromatic carbocycles. The quantitative estimate of drug-likeness (QED) is 0.839. The number of nitrogens with one attached hydrogen (secondary N) is 1. The van der Waals surface area contributed by atoms with Crippen molar-refractivity contribution in [2.24, 2.45) is 0 Å². The second-order valence-electron chi connectivity index (χ2n) is 4.23. The molecular formula is C10H12ClN5O2S. The highest BCUT2D eigenvalue weighted by Gasteiger charge is 2.31. The predicted octanol–water partition coefficient (Wildman–Crippen LogP) is 0.549. The van der Waals surface area contributed by atoms with Crippen LogP contribution in [0.3, 0.4) is 0 Å². The van der Waals surface area contributed by atoms with Crippen molar-refractivity contribution in [2.45, 2.75) is 24.0 Å². The van der Waals surface area contributed by atoms with Gasteiger partial charge in [0.25, 0.3) is 10.0 Å². The Morgan fingerprint density at radius 3 is 3.05 bits per heavy atom. The van der Waals surface area contributed by atoms with Crippen LogP contribution in [0.4, 0.5) is 0 Å². The van der Waals surface area contributed by atoms with Gasteiger partial charge in [0.05, 0.1) is 18.6 Å². The molecule has 19 heavy (non-hydrogen) atoms. The Kier molecular flexibility index (Phi) is 3.08. The number of fused-ring (bicyclic) bond motifs is 1. The van der Waals surface area contributed by atoms with Gasteiger partial charge < -0.3 is 4.57 Å². The number of aromatic nitrogens is 4. The summed E-state index contributed by atoms with van der Waals surface area (Å²) < 4.78 is 28.4. The smallest absolute Gasteiger partial charge is 0.260 e. The van der Waals surface area contributed by atoms with Crippen molar-refractivity contribution in [3.8, 4) is 0 Å². The SMILES string of the molecule is O=S(=O)(c1[nH]ncc1CCl)N1CCn2ccnc2C1. The standard InChI is InChI=1S/C10H12ClN5O2S/c11-5-8-6-13-14-10(8)19(17,18)16-4-3-15-2-1-12-9(15)7-16/h1-2,6H,3-5,7H2,(H,13,14). The molecule has 0 fully saturated rings. The van der Waals surface area contributed by atoms with Crippen molar-refractivity contribution in [3.05, 3.63) is 30.0 Å². The first kappa shape index (κ1) is 12.6. The fraction of sp³-hybridized carbons (Fsp3) is 0.400. The monoisotopic (exact) mass is 301 g/mol. The molecule has 0 bridgehead atoms. The van der Waals surface area contributed by atoms with Crippen LogP contribution in [0.5, 0.6) is 0 Å². The maximum absolute atomic E-state index is 12.5. The molecule has 0 saturated heterocycles. The first-order valence-corrected chi connectivity index (χ1v) is 7.69. The summed E-state index contributed by atoms with van der Waals surface area (Å²) in [5.74, 6) is 0.842. The number of nitrogens with zero attached hydrogens (tertiary/aromatic N) is 4. The highest BCUT2D eigenvalue weighted by Crippen LogP contribution is 2.22. The fourth-order valence-corrected chi connectivity index (χ4v) is 3.88. The van der Waals surface area contributed by atoms with Crippen molar-refractivity contribution < 1.29 is 8.42 Å². The second-order valence-corrected chi connectivity index (χ2v) is 6.38. The van der Waals surface area contributed by atoms with E-state index >= 15 is 0 Å². The zero-order chi connectivity index (χ0) is 13.5. The largest absolute Gasteiger partial charge is 0.333 e. The first-order valence-electron chi connectivity index (χ1n) is 5.71. The Morgan fingerprint density at radius 1 is 1.42 bits per heavy atom. The molecule has 2 aromatic heterocycles. The number of sulfonamides is 1. The number of aromatic amines is 1. The normalized spacial score (nSPS) is 16.5. The van der Waals surface area contributed by atoms with Gasteiger partial charge in [-0.1, -0.05) is 0 Å². The molecule has 2 aromatic rings. The summed E-state index contributed by atoms with van der Waals surface area (Å²) >= 11 is 5.72. The summed E-state index contributed by atoms with van der Waals surface area (Å²) in [4.78, 5) is 4.15. The lowest BCUT2D eigenvalue weighted by atomic mass is 10.4. The van der Waals surface area contributed by atoms with Crippen LogP contribution in [-0.4, -0.2) is 39.0 Å². The molecule has 3 rings (SSSR count). The molecule has 9 heteroatoms. The Labute approximate surface area is 115 Å². The third-order valence-corrected chi connectivity index (χ3v) is 5.28. The van der Waals surface area contributed by atoms with Gasteiger partial charge in [-0.25, -0.2) is 13.4 Å². The molecule has 0 unspecified atom stereocenters. The van der Waals surface area contributed by atoms with Crippen LogP contribution in [0.1, 0.15) is 11.4 Å². The number of hydrogen-bond acceptors (Lipinski definition) is 4. The molecule has 0 aliphatic carbocycles. The zero-order valence-electron chi connectivity index (χ0n) is 9.95. The van der Waals surface area contributed by atoms with Gasteiger partial charge in [-0.15, -0.1) is 11.6 Å². The van der Waals surface area contributed by atoms with Gasteiger partial charge in [0.1, 0.15) is 5.82 Å². The molecule has 0 atom stereocenters. The van der Waals surface area contributed by atoms with Crippen molar-refractivity contribution in [1.29, 1.82) is 0 Å². The Morgan fingerprint density at radius 2 is 2.26 bits per heavy atom. The van der Waals surface area contributed by atoms with Crippen LogP contribution in [0.2, 0.25) is 0 Å². The molecule has 0 amide bonds. The van der Waals surface area contributed by atoms with E-state index in [1.165, 1.54) is 10.5 Å². The summed E-state index contributed by atoms with van der Waals surface area (Å²) in [6.07, 6.45) is 4.95. The van der Waals surface area contributed by atoms with E-state index in [0.717, 1.165) is 5.82 Å². The molecule has 7 nitrogen and oxygen atoms in total. The van der Waals surface area contributed by atoms with Gasteiger partial charge >= 0.3 is 0 Å². The molecule has 0 saturated carbocycles. The van der Waals surface area contributed by atoms with Gasteiger partial charge in [-0.3, -0.25) is 5.10 Å². The average molecular weight is 302 g/mol. The van der Waals surface area contributed by atoms with Crippen LogP contribution >= 0.6 is 11.6 Å². The van der Waals surface area contributed by atoms with Crippen molar-refractivity contribution in [2.75, 3.05) is 6.54 Å². The molecule has 3 heterocycles. The summed E-state index contributed by atoms with van der Waals surface area (Å²) in [5, 5.41) is 6.34. The Balaban J connectivity index is 1.94. The van der Waals surface area contributed by atoms with E-state index in [1.54, 1.807) is 6.20 Å². The van der Waals surface area contributed by atoms with Crippen LogP contribution in [0.25, 0.3) is 0 Å². The van der Waals surface area contributed by atoms with Gasteiger partial charge in [-0.05, 0) is 0 Å². The van der Waals surface area contributed by atoms with Crippen LogP contribution in [0, 0.1) is 0 Å². The third-order valence-electron chi connectivity index (χ3n) is 3.13. The number of alkyl halides is 1. The Hall–Kier alpha value is -1.38. The minimum atomic E-state index is -3.60. The van der Waals surface area contributed by atoms with Gasteiger partial charge in [0.2, 0.25) is 0 Å². The molecule has 1 aliphatic heterocycles. The third kappa shape index (κ3) is 2.05. The molecule has 0 spiro atoms. The summed E-state index contributed by atoms with van der Waals surface area (Å²) in [5.41, 5.74) is 0.482. The van der Waals surface area contributed by atoms with Gasteiger partial charge in [-0.2, -0.15) is 9.40 Å². The summed E-state index contributed by atoms with van der Waals surface area (Å²) in [6.45, 7) is 1.27. The van der Waals surface area contributed by atoms with E-state index in [0.29, 0.717) is 18.7 Å². The van der Waals surface area contributed by atoms with Crippen LogP contribution < -0.4 is 0 Å².